The van der Waals surface area contributed by atoms with Crippen LogP contribution >= 0.6 is 11.8 Å². The van der Waals surface area contributed by atoms with Crippen molar-refractivity contribution in [3.05, 3.63) is 28.3 Å². The minimum absolute atomic E-state index is 0.165. The predicted molar refractivity (Wildman–Crippen MR) is 80.3 cm³/mol. The van der Waals surface area contributed by atoms with Crippen LogP contribution in [-0.2, 0) is 10.0 Å². The largest absolute Gasteiger partial charge is 0.393 e. The lowest BCUT2D eigenvalue weighted by molar-refractivity contribution is -0.386. The second-order valence-corrected chi connectivity index (χ2v) is 7.15. The molecule has 2 N–H and O–H groups in total. The third-order valence-electron chi connectivity index (χ3n) is 2.90. The molecule has 112 valence electrons. The summed E-state index contributed by atoms with van der Waals surface area (Å²) in [5, 5.41) is 11.0. The number of thioether (sulfide) groups is 1. The summed E-state index contributed by atoms with van der Waals surface area (Å²) in [5.74, 6) is 0.589. The van der Waals surface area contributed by atoms with E-state index in [1.54, 1.807) is 6.92 Å². The van der Waals surface area contributed by atoms with Crippen LogP contribution in [0.3, 0.4) is 0 Å². The van der Waals surface area contributed by atoms with Gasteiger partial charge >= 0.3 is 5.69 Å². The van der Waals surface area contributed by atoms with E-state index in [9.17, 15) is 18.5 Å². The predicted octanol–water partition coefficient (Wildman–Crippen LogP) is 1.55. The Bertz CT molecular complexity index is 604. The third-order valence-corrected chi connectivity index (χ3v) is 5.72. The molecule has 1 aromatic rings. The SMILES string of the molecule is CSCC(C)N(C)S(=O)(=O)c1cccc(N)c1[N+](=O)[O-]. The van der Waals surface area contributed by atoms with Gasteiger partial charge in [0.1, 0.15) is 5.69 Å². The van der Waals surface area contributed by atoms with E-state index < -0.39 is 20.6 Å². The number of rotatable bonds is 6. The summed E-state index contributed by atoms with van der Waals surface area (Å²) in [6, 6.07) is 3.62. The van der Waals surface area contributed by atoms with Gasteiger partial charge in [-0.25, -0.2) is 8.42 Å². The van der Waals surface area contributed by atoms with Gasteiger partial charge in [-0.2, -0.15) is 16.1 Å². The van der Waals surface area contributed by atoms with Crippen molar-refractivity contribution in [3.63, 3.8) is 0 Å². The van der Waals surface area contributed by atoms with Crippen LogP contribution < -0.4 is 5.73 Å². The van der Waals surface area contributed by atoms with Crippen LogP contribution in [0.15, 0.2) is 23.1 Å². The zero-order chi connectivity index (χ0) is 15.5. The van der Waals surface area contributed by atoms with Gasteiger partial charge < -0.3 is 5.73 Å². The molecule has 20 heavy (non-hydrogen) atoms. The molecule has 0 radical (unpaired) electrons. The van der Waals surface area contributed by atoms with Crippen molar-refractivity contribution in [1.82, 2.24) is 4.31 Å². The highest BCUT2D eigenvalue weighted by atomic mass is 32.2. The first kappa shape index (κ1) is 16.7. The average Bonchev–Trinajstić information content (AvgIpc) is 2.37. The topological polar surface area (TPSA) is 107 Å². The number of hydrogen-bond acceptors (Lipinski definition) is 6. The molecule has 0 amide bonds. The number of nitrogens with zero attached hydrogens (tertiary/aromatic N) is 2. The molecule has 0 bridgehead atoms. The van der Waals surface area contributed by atoms with Gasteiger partial charge in [0.05, 0.1) is 4.92 Å². The quantitative estimate of drug-likeness (QED) is 0.484. The van der Waals surface area contributed by atoms with Gasteiger partial charge in [-0.05, 0) is 25.3 Å². The van der Waals surface area contributed by atoms with Gasteiger partial charge in [0, 0.05) is 18.8 Å². The van der Waals surface area contributed by atoms with Crippen LogP contribution in [0.4, 0.5) is 11.4 Å². The zero-order valence-electron chi connectivity index (χ0n) is 11.4. The summed E-state index contributed by atoms with van der Waals surface area (Å²) in [5.41, 5.74) is 4.79. The van der Waals surface area contributed by atoms with Crippen molar-refractivity contribution in [2.24, 2.45) is 0 Å². The molecule has 0 aliphatic carbocycles. The first-order valence-electron chi connectivity index (χ1n) is 5.73. The maximum Gasteiger partial charge on any atom is 0.312 e. The fraction of sp³-hybridized carbons (Fsp3) is 0.455. The van der Waals surface area contributed by atoms with E-state index in [-0.39, 0.29) is 16.6 Å². The fourth-order valence-corrected chi connectivity index (χ4v) is 4.03. The standard InChI is InChI=1S/C11H17N3O4S2/c1-8(7-19-3)13(2)20(17,18)10-6-4-5-9(12)11(10)14(15)16/h4-6,8H,7,12H2,1-3H3. The summed E-state index contributed by atoms with van der Waals surface area (Å²) in [6.07, 6.45) is 1.86. The van der Waals surface area contributed by atoms with E-state index in [0.717, 1.165) is 4.31 Å². The summed E-state index contributed by atoms with van der Waals surface area (Å²) in [4.78, 5) is 9.90. The molecule has 0 saturated heterocycles. The smallest absolute Gasteiger partial charge is 0.312 e. The summed E-state index contributed by atoms with van der Waals surface area (Å²) in [6.45, 7) is 1.74. The van der Waals surface area contributed by atoms with Crippen LogP contribution in [0, 0.1) is 10.1 Å². The lowest BCUT2D eigenvalue weighted by atomic mass is 10.3. The molecule has 1 aromatic carbocycles. The highest BCUT2D eigenvalue weighted by molar-refractivity contribution is 7.98. The Morgan fingerprint density at radius 2 is 2.10 bits per heavy atom. The van der Waals surface area contributed by atoms with E-state index >= 15 is 0 Å². The van der Waals surface area contributed by atoms with E-state index in [0.29, 0.717) is 5.75 Å². The molecule has 1 rings (SSSR count). The van der Waals surface area contributed by atoms with Crippen LogP contribution in [0.1, 0.15) is 6.92 Å². The number of nitrogens with two attached hydrogens (primary N) is 1. The van der Waals surface area contributed by atoms with E-state index in [2.05, 4.69) is 0 Å². The minimum atomic E-state index is -3.96. The molecule has 0 spiro atoms. The first-order chi connectivity index (χ1) is 9.23. The number of benzene rings is 1. The number of nitro benzene ring substituents is 1. The number of anilines is 1. The van der Waals surface area contributed by atoms with Crippen LogP contribution in [-0.4, -0.2) is 42.7 Å². The molecule has 9 heteroatoms. The van der Waals surface area contributed by atoms with Gasteiger partial charge in [-0.15, -0.1) is 0 Å². The molecular weight excluding hydrogens is 302 g/mol. The van der Waals surface area contributed by atoms with E-state index in [1.807, 2.05) is 6.26 Å². The maximum absolute atomic E-state index is 12.5. The Hall–Kier alpha value is -1.32. The lowest BCUT2D eigenvalue weighted by Crippen LogP contribution is -2.36. The van der Waals surface area contributed by atoms with Crippen LogP contribution in [0.2, 0.25) is 0 Å². The van der Waals surface area contributed by atoms with Crippen molar-refractivity contribution in [2.75, 3.05) is 24.8 Å². The van der Waals surface area contributed by atoms with Crippen molar-refractivity contribution in [3.8, 4) is 0 Å². The zero-order valence-corrected chi connectivity index (χ0v) is 13.1. The van der Waals surface area contributed by atoms with Gasteiger partial charge in [-0.1, -0.05) is 6.07 Å². The van der Waals surface area contributed by atoms with E-state index in [1.165, 1.54) is 37.0 Å². The van der Waals surface area contributed by atoms with Crippen LogP contribution in [0.5, 0.6) is 0 Å². The summed E-state index contributed by atoms with van der Waals surface area (Å²) >= 11 is 1.50. The highest BCUT2D eigenvalue weighted by Gasteiger charge is 2.33. The number of nitro groups is 1. The minimum Gasteiger partial charge on any atom is -0.393 e. The molecule has 0 aliphatic heterocycles. The lowest BCUT2D eigenvalue weighted by Gasteiger charge is -2.23. The fourth-order valence-electron chi connectivity index (χ4n) is 1.68. The summed E-state index contributed by atoms with van der Waals surface area (Å²) < 4.78 is 26.1. The molecule has 0 fully saturated rings. The second-order valence-electron chi connectivity index (χ2n) is 4.28. The third kappa shape index (κ3) is 3.22. The van der Waals surface area contributed by atoms with Crippen molar-refractivity contribution >= 4 is 33.2 Å². The van der Waals surface area contributed by atoms with Crippen molar-refractivity contribution in [2.45, 2.75) is 17.9 Å². The van der Waals surface area contributed by atoms with Gasteiger partial charge in [0.2, 0.25) is 10.0 Å². The monoisotopic (exact) mass is 319 g/mol. The molecule has 7 nitrogen and oxygen atoms in total. The second kappa shape index (κ2) is 6.42. The molecule has 1 atom stereocenters. The van der Waals surface area contributed by atoms with Gasteiger partial charge in [0.25, 0.3) is 0 Å². The Balaban J connectivity index is 3.36. The Morgan fingerprint density at radius 1 is 1.50 bits per heavy atom. The number of sulfonamides is 1. The molecule has 0 saturated carbocycles. The average molecular weight is 319 g/mol. The molecule has 0 heterocycles. The van der Waals surface area contributed by atoms with E-state index in [4.69, 9.17) is 5.73 Å². The summed E-state index contributed by atoms with van der Waals surface area (Å²) in [7, 11) is -2.55. The molecule has 0 aromatic heterocycles. The highest BCUT2D eigenvalue weighted by Crippen LogP contribution is 2.32. The van der Waals surface area contributed by atoms with Crippen LogP contribution in [0.25, 0.3) is 0 Å². The number of hydrogen-bond donors (Lipinski definition) is 1. The number of para-hydroxylation sites is 1. The molecule has 0 aliphatic rings. The maximum atomic E-state index is 12.5. The number of nitrogen functional groups attached to an aromatic ring is 1. The first-order valence-corrected chi connectivity index (χ1v) is 8.56. The van der Waals surface area contributed by atoms with Crippen molar-refractivity contribution < 1.29 is 13.3 Å². The Kier molecular flexibility index (Phi) is 5.37. The Morgan fingerprint density at radius 3 is 2.60 bits per heavy atom. The molecular formula is C11H17N3O4S2. The Labute approximate surface area is 122 Å². The molecule has 1 unspecified atom stereocenters. The normalized spacial score (nSPS) is 13.4. The van der Waals surface area contributed by atoms with Gasteiger partial charge in [-0.3, -0.25) is 10.1 Å². The van der Waals surface area contributed by atoms with Gasteiger partial charge in [0.15, 0.2) is 4.90 Å². The van der Waals surface area contributed by atoms with Crippen molar-refractivity contribution in [1.29, 1.82) is 0 Å².